The van der Waals surface area contributed by atoms with Crippen LogP contribution in [0.5, 0.6) is 0 Å². The van der Waals surface area contributed by atoms with Gasteiger partial charge in [-0.25, -0.2) is 15.0 Å². The summed E-state index contributed by atoms with van der Waals surface area (Å²) in [4.78, 5) is 19.7. The van der Waals surface area contributed by atoms with Crippen molar-refractivity contribution in [2.45, 2.75) is 0 Å². The quantitative estimate of drug-likeness (QED) is 0.170. The highest BCUT2D eigenvalue weighted by molar-refractivity contribution is 5.88. The first-order chi connectivity index (χ1) is 25.7. The van der Waals surface area contributed by atoms with Gasteiger partial charge in [0.1, 0.15) is 0 Å². The van der Waals surface area contributed by atoms with Gasteiger partial charge in [-0.05, 0) is 63.2 Å². The maximum absolute atomic E-state index is 5.01. The van der Waals surface area contributed by atoms with E-state index >= 15 is 0 Å². The predicted octanol–water partition coefficient (Wildman–Crippen LogP) is 12.1. The molecule has 9 aromatic rings. The van der Waals surface area contributed by atoms with Crippen molar-refractivity contribution in [2.75, 3.05) is 0 Å². The molecule has 2 aromatic heterocycles. The van der Waals surface area contributed by atoms with Crippen LogP contribution in [0.25, 0.3) is 89.6 Å². The zero-order chi connectivity index (χ0) is 34.7. The Morgan fingerprint density at radius 3 is 1.23 bits per heavy atom. The van der Waals surface area contributed by atoms with E-state index in [1.54, 1.807) is 0 Å². The first kappa shape index (κ1) is 31.0. The van der Waals surface area contributed by atoms with E-state index in [4.69, 9.17) is 19.9 Å². The van der Waals surface area contributed by atoms with E-state index in [-0.39, 0.29) is 0 Å². The summed E-state index contributed by atoms with van der Waals surface area (Å²) in [5, 5.41) is 1.10. The van der Waals surface area contributed by atoms with E-state index in [0.29, 0.717) is 17.5 Å². The fourth-order valence-corrected chi connectivity index (χ4v) is 6.59. The average molecular weight is 665 g/mol. The van der Waals surface area contributed by atoms with Gasteiger partial charge in [0.2, 0.25) is 0 Å². The molecule has 9 rings (SSSR count). The van der Waals surface area contributed by atoms with Crippen molar-refractivity contribution in [3.8, 4) is 78.7 Å². The molecule has 0 aliphatic heterocycles. The van der Waals surface area contributed by atoms with Crippen molar-refractivity contribution < 1.29 is 0 Å². The lowest BCUT2D eigenvalue weighted by atomic mass is 9.98. The number of benzene rings is 7. The molecule has 244 valence electrons. The molecule has 0 N–H and O–H groups in total. The van der Waals surface area contributed by atoms with Gasteiger partial charge in [0, 0.05) is 33.8 Å². The Bertz CT molecular complexity index is 2640. The van der Waals surface area contributed by atoms with Crippen LogP contribution < -0.4 is 0 Å². The molecule has 7 aromatic carbocycles. The molecule has 0 fully saturated rings. The summed E-state index contributed by atoms with van der Waals surface area (Å²) >= 11 is 0. The number of rotatable bonds is 7. The molecule has 52 heavy (non-hydrogen) atoms. The molecule has 0 saturated heterocycles. The third-order valence-corrected chi connectivity index (χ3v) is 9.38. The number of hydrogen-bond acceptors (Lipinski definition) is 4. The SMILES string of the molecule is c1ccc(-c2ccc(-c3cnc4ccc(-c5ccc(-c6nc(-c7ccccc7)nc(-c7cccc(-c8ccccc8)c7)n6)cc5)cc4c3)cc2)cc1. The lowest BCUT2D eigenvalue weighted by Crippen LogP contribution is -2.00. The summed E-state index contributed by atoms with van der Waals surface area (Å²) in [6.07, 6.45) is 1.96. The molecule has 0 amide bonds. The summed E-state index contributed by atoms with van der Waals surface area (Å²) in [6, 6.07) is 65.1. The number of aromatic nitrogens is 4. The topological polar surface area (TPSA) is 51.6 Å². The Morgan fingerprint density at radius 2 is 0.615 bits per heavy atom. The molecule has 0 unspecified atom stereocenters. The van der Waals surface area contributed by atoms with Crippen molar-refractivity contribution in [2.24, 2.45) is 0 Å². The van der Waals surface area contributed by atoms with Crippen molar-refractivity contribution in [1.29, 1.82) is 0 Å². The summed E-state index contributed by atoms with van der Waals surface area (Å²) in [6.45, 7) is 0. The minimum Gasteiger partial charge on any atom is -0.256 e. The maximum atomic E-state index is 5.01. The van der Waals surface area contributed by atoms with Crippen molar-refractivity contribution in [3.05, 3.63) is 194 Å². The third kappa shape index (κ3) is 6.37. The highest BCUT2D eigenvalue weighted by Gasteiger charge is 2.14. The van der Waals surface area contributed by atoms with Gasteiger partial charge >= 0.3 is 0 Å². The summed E-state index contributed by atoms with van der Waals surface area (Å²) in [5.41, 5.74) is 12.9. The molecule has 0 spiro atoms. The molecule has 2 heterocycles. The van der Waals surface area contributed by atoms with Gasteiger partial charge in [-0.1, -0.05) is 164 Å². The smallest absolute Gasteiger partial charge is 0.164 e. The summed E-state index contributed by atoms with van der Waals surface area (Å²) in [7, 11) is 0. The van der Waals surface area contributed by atoms with Crippen molar-refractivity contribution in [3.63, 3.8) is 0 Å². The molecule has 0 atom stereocenters. The molecule has 0 bridgehead atoms. The third-order valence-electron chi connectivity index (χ3n) is 9.38. The second kappa shape index (κ2) is 13.7. The van der Waals surface area contributed by atoms with Crippen LogP contribution in [0.3, 0.4) is 0 Å². The van der Waals surface area contributed by atoms with Crippen LogP contribution >= 0.6 is 0 Å². The predicted molar refractivity (Wildman–Crippen MR) is 213 cm³/mol. The van der Waals surface area contributed by atoms with Gasteiger partial charge in [0.25, 0.3) is 0 Å². The minimum absolute atomic E-state index is 0.631. The highest BCUT2D eigenvalue weighted by Crippen LogP contribution is 2.32. The maximum Gasteiger partial charge on any atom is 0.164 e. The normalized spacial score (nSPS) is 11.1. The Balaban J connectivity index is 1.04. The van der Waals surface area contributed by atoms with E-state index in [2.05, 4.69) is 146 Å². The largest absolute Gasteiger partial charge is 0.256 e. The zero-order valence-electron chi connectivity index (χ0n) is 28.3. The molecule has 0 saturated carbocycles. The number of pyridine rings is 1. The van der Waals surface area contributed by atoms with Crippen LogP contribution in [-0.4, -0.2) is 19.9 Å². The lowest BCUT2D eigenvalue weighted by Gasteiger charge is -2.10. The van der Waals surface area contributed by atoms with Gasteiger partial charge < -0.3 is 0 Å². The molecule has 4 heteroatoms. The standard InChI is InChI=1S/C48H32N4/c1-4-11-33(12-5-1)35-19-21-37(22-20-35)44-31-43-30-41(27-28-45(43)49-32-44)36-23-25-39(26-24-36)47-50-46(38-15-8-3-9-16-38)51-48(52-47)42-18-10-17-40(29-42)34-13-6-2-7-14-34/h1-32H. The molecular weight excluding hydrogens is 633 g/mol. The van der Waals surface area contributed by atoms with E-state index in [9.17, 15) is 0 Å². The van der Waals surface area contributed by atoms with Gasteiger partial charge in [0.15, 0.2) is 17.5 Å². The Morgan fingerprint density at radius 1 is 0.250 bits per heavy atom. The first-order valence-electron chi connectivity index (χ1n) is 17.4. The molecule has 4 nitrogen and oxygen atoms in total. The fourth-order valence-electron chi connectivity index (χ4n) is 6.59. The average Bonchev–Trinajstić information content (AvgIpc) is 3.24. The van der Waals surface area contributed by atoms with Crippen molar-refractivity contribution in [1.82, 2.24) is 19.9 Å². The Hall–Kier alpha value is -7.04. The second-order valence-corrected chi connectivity index (χ2v) is 12.8. The van der Waals surface area contributed by atoms with Gasteiger partial charge in [-0.3, -0.25) is 4.98 Å². The zero-order valence-corrected chi connectivity index (χ0v) is 28.3. The van der Waals surface area contributed by atoms with Crippen LogP contribution in [0.1, 0.15) is 0 Å². The number of fused-ring (bicyclic) bond motifs is 1. The summed E-state index contributed by atoms with van der Waals surface area (Å²) in [5.74, 6) is 1.91. The molecular formula is C48H32N4. The van der Waals surface area contributed by atoms with Crippen LogP contribution in [0.4, 0.5) is 0 Å². The van der Waals surface area contributed by atoms with E-state index < -0.39 is 0 Å². The van der Waals surface area contributed by atoms with Crippen LogP contribution in [0, 0.1) is 0 Å². The summed E-state index contributed by atoms with van der Waals surface area (Å²) < 4.78 is 0. The lowest BCUT2D eigenvalue weighted by molar-refractivity contribution is 1.07. The molecule has 0 aliphatic rings. The van der Waals surface area contributed by atoms with Crippen molar-refractivity contribution >= 4 is 10.9 Å². The van der Waals surface area contributed by atoms with E-state index in [1.807, 2.05) is 48.7 Å². The molecule has 0 radical (unpaired) electrons. The Kier molecular flexibility index (Phi) is 8.16. The fraction of sp³-hybridized carbons (Fsp3) is 0. The van der Waals surface area contributed by atoms with Gasteiger partial charge in [0.05, 0.1) is 5.52 Å². The number of hydrogen-bond donors (Lipinski definition) is 0. The van der Waals surface area contributed by atoms with Crippen LogP contribution in [0.2, 0.25) is 0 Å². The highest BCUT2D eigenvalue weighted by atomic mass is 15.0. The minimum atomic E-state index is 0.631. The number of nitrogens with zero attached hydrogens (tertiary/aromatic N) is 4. The van der Waals surface area contributed by atoms with E-state index in [0.717, 1.165) is 61.0 Å². The van der Waals surface area contributed by atoms with Gasteiger partial charge in [-0.2, -0.15) is 0 Å². The van der Waals surface area contributed by atoms with Crippen LogP contribution in [0.15, 0.2) is 194 Å². The second-order valence-electron chi connectivity index (χ2n) is 12.8. The monoisotopic (exact) mass is 664 g/mol. The molecule has 0 aliphatic carbocycles. The Labute approximate surface area is 302 Å². The van der Waals surface area contributed by atoms with Gasteiger partial charge in [-0.15, -0.1) is 0 Å². The van der Waals surface area contributed by atoms with Crippen LogP contribution in [-0.2, 0) is 0 Å². The van der Waals surface area contributed by atoms with E-state index in [1.165, 1.54) is 11.1 Å². The first-order valence-corrected chi connectivity index (χ1v) is 17.4.